The molecule has 0 bridgehead atoms. The lowest BCUT2D eigenvalue weighted by molar-refractivity contribution is -0.296. The lowest BCUT2D eigenvalue weighted by atomic mass is 9.99. The van der Waals surface area contributed by atoms with Gasteiger partial charge in [-0.15, -0.1) is 0 Å². The van der Waals surface area contributed by atoms with Crippen LogP contribution in [0.2, 0.25) is 0 Å². The number of hydrogen-bond acceptors (Lipinski definition) is 6. The molecule has 32 heavy (non-hydrogen) atoms. The fourth-order valence-corrected chi connectivity index (χ4v) is 4.24. The summed E-state index contributed by atoms with van der Waals surface area (Å²) in [4.78, 5) is 0. The van der Waals surface area contributed by atoms with Crippen molar-refractivity contribution in [3.05, 3.63) is 0 Å². The van der Waals surface area contributed by atoms with Crippen molar-refractivity contribution in [1.82, 2.24) is 0 Å². The number of ether oxygens (including phenoxy) is 3. The molecule has 1 fully saturated rings. The molecule has 0 aromatic heterocycles. The second-order valence-corrected chi connectivity index (χ2v) is 9.41. The van der Waals surface area contributed by atoms with Crippen LogP contribution in [0.3, 0.4) is 0 Å². The van der Waals surface area contributed by atoms with Gasteiger partial charge in [-0.2, -0.15) is 0 Å². The Kier molecular flexibility index (Phi) is 18.8. The van der Waals surface area contributed by atoms with Gasteiger partial charge >= 0.3 is 0 Å². The molecule has 0 spiro atoms. The fraction of sp³-hybridized carbons (Fsp3) is 1.00. The average molecular weight is 461 g/mol. The first-order chi connectivity index (χ1) is 15.6. The zero-order valence-corrected chi connectivity index (χ0v) is 20.9. The number of rotatable bonds is 21. The van der Waals surface area contributed by atoms with E-state index in [1.807, 2.05) is 0 Å². The second kappa shape index (κ2) is 20.2. The molecular formula is C26H52O6. The maximum atomic E-state index is 10.6. The number of hydrogen-bond donors (Lipinski definition) is 3. The van der Waals surface area contributed by atoms with Crippen molar-refractivity contribution in [2.45, 2.75) is 147 Å². The Morgan fingerprint density at radius 1 is 0.594 bits per heavy atom. The standard InChI is InChI=1S/C26H52O6/c1-3-5-7-9-11-13-15-17-19-30-21-22-23(27)25(24(28)26(29)32-22)31-20-18-16-14-12-10-8-6-4-2/h22-29H,3-21H2,1-2H3/t22-,23+,24-,25+,26-/m1/s1. The van der Waals surface area contributed by atoms with Crippen molar-refractivity contribution in [3.8, 4) is 0 Å². The van der Waals surface area contributed by atoms with E-state index in [0.29, 0.717) is 13.2 Å². The number of aliphatic hydroxyl groups is 3. The smallest absolute Gasteiger partial charge is 0.184 e. The molecule has 0 aromatic rings. The van der Waals surface area contributed by atoms with E-state index < -0.39 is 30.7 Å². The van der Waals surface area contributed by atoms with Gasteiger partial charge in [-0.3, -0.25) is 0 Å². The molecule has 0 radical (unpaired) electrons. The van der Waals surface area contributed by atoms with E-state index in [1.54, 1.807) is 0 Å². The lowest BCUT2D eigenvalue weighted by Gasteiger charge is -2.40. The highest BCUT2D eigenvalue weighted by molar-refractivity contribution is 4.89. The first kappa shape index (κ1) is 29.8. The van der Waals surface area contributed by atoms with Crippen LogP contribution in [0.5, 0.6) is 0 Å². The molecule has 192 valence electrons. The average Bonchev–Trinajstić information content (AvgIpc) is 2.79. The highest BCUT2D eigenvalue weighted by Crippen LogP contribution is 2.23. The number of aliphatic hydroxyl groups excluding tert-OH is 3. The largest absolute Gasteiger partial charge is 0.387 e. The van der Waals surface area contributed by atoms with Crippen molar-refractivity contribution >= 4 is 0 Å². The van der Waals surface area contributed by atoms with Gasteiger partial charge in [0.15, 0.2) is 6.29 Å². The molecule has 1 aliphatic heterocycles. The minimum atomic E-state index is -1.36. The van der Waals surface area contributed by atoms with Gasteiger partial charge in [-0.05, 0) is 12.8 Å². The first-order valence-electron chi connectivity index (χ1n) is 13.5. The van der Waals surface area contributed by atoms with Crippen molar-refractivity contribution in [2.24, 2.45) is 0 Å². The molecular weight excluding hydrogens is 408 g/mol. The van der Waals surface area contributed by atoms with Crippen LogP contribution < -0.4 is 0 Å². The summed E-state index contributed by atoms with van der Waals surface area (Å²) >= 11 is 0. The molecule has 0 unspecified atom stereocenters. The first-order valence-corrected chi connectivity index (χ1v) is 13.5. The molecule has 6 nitrogen and oxygen atoms in total. The predicted molar refractivity (Wildman–Crippen MR) is 129 cm³/mol. The summed E-state index contributed by atoms with van der Waals surface area (Å²) in [5.41, 5.74) is 0. The molecule has 0 amide bonds. The van der Waals surface area contributed by atoms with Crippen LogP contribution in [-0.2, 0) is 14.2 Å². The Balaban J connectivity index is 2.14. The number of unbranched alkanes of at least 4 members (excludes halogenated alkanes) is 14. The summed E-state index contributed by atoms with van der Waals surface area (Å²) in [5, 5.41) is 30.8. The van der Waals surface area contributed by atoms with Gasteiger partial charge in [0.05, 0.1) is 6.61 Å². The van der Waals surface area contributed by atoms with E-state index in [4.69, 9.17) is 14.2 Å². The van der Waals surface area contributed by atoms with E-state index in [1.165, 1.54) is 77.0 Å². The Labute approximate surface area is 197 Å². The Hall–Kier alpha value is -0.240. The zero-order valence-electron chi connectivity index (χ0n) is 20.9. The third kappa shape index (κ3) is 13.5. The molecule has 1 aliphatic rings. The van der Waals surface area contributed by atoms with E-state index in [-0.39, 0.29) is 6.61 Å². The summed E-state index contributed by atoms with van der Waals surface area (Å²) < 4.78 is 16.8. The topological polar surface area (TPSA) is 88.4 Å². The van der Waals surface area contributed by atoms with Crippen LogP contribution in [0.15, 0.2) is 0 Å². The molecule has 6 heteroatoms. The SMILES string of the molecule is CCCCCCCCCCOC[C@H]1O[C@@H](O)[C@H](O)[C@@H](OCCCCCCCCCC)[C@H]1O. The maximum Gasteiger partial charge on any atom is 0.184 e. The van der Waals surface area contributed by atoms with E-state index in [2.05, 4.69) is 13.8 Å². The summed E-state index contributed by atoms with van der Waals surface area (Å²) in [6, 6.07) is 0. The van der Waals surface area contributed by atoms with E-state index >= 15 is 0 Å². The zero-order chi connectivity index (χ0) is 23.4. The third-order valence-corrected chi connectivity index (χ3v) is 6.39. The summed E-state index contributed by atoms with van der Waals surface area (Å²) in [6.07, 6.45) is 14.3. The van der Waals surface area contributed by atoms with Crippen LogP contribution >= 0.6 is 0 Å². The van der Waals surface area contributed by atoms with Crippen molar-refractivity contribution in [3.63, 3.8) is 0 Å². The highest BCUT2D eigenvalue weighted by Gasteiger charge is 2.44. The van der Waals surface area contributed by atoms with Crippen molar-refractivity contribution < 1.29 is 29.5 Å². The molecule has 5 atom stereocenters. The van der Waals surface area contributed by atoms with Crippen LogP contribution in [0, 0.1) is 0 Å². The van der Waals surface area contributed by atoms with Gasteiger partial charge in [-0.1, -0.05) is 104 Å². The molecule has 1 rings (SSSR count). The Bertz CT molecular complexity index is 408. The Morgan fingerprint density at radius 2 is 1.06 bits per heavy atom. The van der Waals surface area contributed by atoms with Crippen LogP contribution in [-0.4, -0.2) is 65.8 Å². The fourth-order valence-electron chi connectivity index (χ4n) is 4.24. The summed E-state index contributed by atoms with van der Waals surface area (Å²) in [6.45, 7) is 5.73. The summed E-state index contributed by atoms with van der Waals surface area (Å²) in [7, 11) is 0. The minimum absolute atomic E-state index is 0.194. The van der Waals surface area contributed by atoms with E-state index in [0.717, 1.165) is 25.7 Å². The Morgan fingerprint density at radius 3 is 1.59 bits per heavy atom. The molecule has 1 heterocycles. The van der Waals surface area contributed by atoms with Crippen LogP contribution in [0.25, 0.3) is 0 Å². The van der Waals surface area contributed by atoms with Crippen molar-refractivity contribution in [1.29, 1.82) is 0 Å². The van der Waals surface area contributed by atoms with Gasteiger partial charge in [0.1, 0.15) is 24.4 Å². The molecule has 0 aliphatic carbocycles. The predicted octanol–water partition coefficient (Wildman–Crippen LogP) is 5.11. The summed E-state index contributed by atoms with van der Waals surface area (Å²) in [5.74, 6) is 0. The normalized spacial score (nSPS) is 26.0. The van der Waals surface area contributed by atoms with Gasteiger partial charge in [0.25, 0.3) is 0 Å². The van der Waals surface area contributed by atoms with Crippen molar-refractivity contribution in [2.75, 3.05) is 19.8 Å². The molecule has 0 saturated carbocycles. The quantitative estimate of drug-likeness (QED) is 0.206. The third-order valence-electron chi connectivity index (χ3n) is 6.39. The van der Waals surface area contributed by atoms with Gasteiger partial charge < -0.3 is 29.5 Å². The van der Waals surface area contributed by atoms with Gasteiger partial charge in [0.2, 0.25) is 0 Å². The van der Waals surface area contributed by atoms with Gasteiger partial charge in [-0.25, -0.2) is 0 Å². The minimum Gasteiger partial charge on any atom is -0.387 e. The maximum absolute atomic E-state index is 10.6. The lowest BCUT2D eigenvalue weighted by Crippen LogP contribution is -2.59. The van der Waals surface area contributed by atoms with E-state index in [9.17, 15) is 15.3 Å². The molecule has 1 saturated heterocycles. The molecule has 0 aromatic carbocycles. The van der Waals surface area contributed by atoms with Crippen LogP contribution in [0.4, 0.5) is 0 Å². The monoisotopic (exact) mass is 460 g/mol. The highest BCUT2D eigenvalue weighted by atomic mass is 16.7. The van der Waals surface area contributed by atoms with Gasteiger partial charge in [0, 0.05) is 13.2 Å². The second-order valence-electron chi connectivity index (χ2n) is 9.41. The van der Waals surface area contributed by atoms with Crippen LogP contribution in [0.1, 0.15) is 117 Å². The molecule has 3 N–H and O–H groups in total.